The molecule has 0 radical (unpaired) electrons. The zero-order valence-corrected chi connectivity index (χ0v) is 14.6. The fourth-order valence-electron chi connectivity index (χ4n) is 6.19. The van der Waals surface area contributed by atoms with Crippen LogP contribution >= 0.6 is 7.92 Å². The number of hydrogen-bond donors (Lipinski definition) is 0. The van der Waals surface area contributed by atoms with Crippen LogP contribution in [0.2, 0.25) is 0 Å². The summed E-state index contributed by atoms with van der Waals surface area (Å²) in [6, 6.07) is 22.9. The maximum atomic E-state index is 2.40. The summed E-state index contributed by atoms with van der Waals surface area (Å²) in [6.45, 7) is 0. The summed E-state index contributed by atoms with van der Waals surface area (Å²) in [5.41, 5.74) is 0. The lowest BCUT2D eigenvalue weighted by atomic mass is 9.56. The Balaban J connectivity index is 1.63. The highest BCUT2D eigenvalue weighted by atomic mass is 31.1. The molecule has 0 spiro atoms. The van der Waals surface area contributed by atoms with Gasteiger partial charge in [0.1, 0.15) is 0 Å². The van der Waals surface area contributed by atoms with Crippen LogP contribution in [-0.2, 0) is 0 Å². The van der Waals surface area contributed by atoms with E-state index in [1.165, 1.54) is 38.5 Å². The van der Waals surface area contributed by atoms with Crippen molar-refractivity contribution in [2.45, 2.75) is 43.7 Å². The number of rotatable bonds is 3. The van der Waals surface area contributed by atoms with Gasteiger partial charge in [-0.25, -0.2) is 0 Å². The van der Waals surface area contributed by atoms with Crippen molar-refractivity contribution in [3.8, 4) is 0 Å². The molecule has 6 rings (SSSR count). The molecule has 0 unspecified atom stereocenters. The second-order valence-corrected chi connectivity index (χ2v) is 10.8. The van der Waals surface area contributed by atoms with E-state index in [9.17, 15) is 0 Å². The first-order valence-corrected chi connectivity index (χ1v) is 10.6. The van der Waals surface area contributed by atoms with Crippen LogP contribution in [0.3, 0.4) is 0 Å². The Morgan fingerprint density at radius 2 is 1.00 bits per heavy atom. The van der Waals surface area contributed by atoms with Gasteiger partial charge >= 0.3 is 0 Å². The fourth-order valence-corrected chi connectivity index (χ4v) is 9.85. The van der Waals surface area contributed by atoms with Crippen LogP contribution in [0, 0.1) is 17.8 Å². The van der Waals surface area contributed by atoms with Crippen LogP contribution < -0.4 is 10.6 Å². The highest BCUT2D eigenvalue weighted by Crippen LogP contribution is 2.67. The summed E-state index contributed by atoms with van der Waals surface area (Å²) in [6.07, 6.45) is 9.08. The molecule has 23 heavy (non-hydrogen) atoms. The van der Waals surface area contributed by atoms with Crippen molar-refractivity contribution >= 4 is 18.5 Å². The van der Waals surface area contributed by atoms with Crippen molar-refractivity contribution in [1.29, 1.82) is 0 Å². The van der Waals surface area contributed by atoms with E-state index in [2.05, 4.69) is 60.7 Å². The average Bonchev–Trinajstić information content (AvgIpc) is 2.55. The summed E-state index contributed by atoms with van der Waals surface area (Å²) in [7, 11) is -0.225. The van der Waals surface area contributed by atoms with Crippen LogP contribution in [0.5, 0.6) is 0 Å². The van der Waals surface area contributed by atoms with Gasteiger partial charge in [-0.2, -0.15) is 0 Å². The van der Waals surface area contributed by atoms with E-state index in [0.29, 0.717) is 5.16 Å². The van der Waals surface area contributed by atoms with Gasteiger partial charge in [-0.05, 0) is 80.0 Å². The van der Waals surface area contributed by atoms with E-state index < -0.39 is 0 Å². The highest BCUT2D eigenvalue weighted by Gasteiger charge is 2.54. The van der Waals surface area contributed by atoms with Gasteiger partial charge in [-0.1, -0.05) is 60.7 Å². The molecule has 2 aromatic carbocycles. The van der Waals surface area contributed by atoms with Crippen LogP contribution in [-0.4, -0.2) is 5.16 Å². The van der Waals surface area contributed by atoms with Crippen LogP contribution in [0.4, 0.5) is 0 Å². The summed E-state index contributed by atoms with van der Waals surface area (Å²) in [5.74, 6) is 3.08. The smallest absolute Gasteiger partial charge is 0.000642 e. The van der Waals surface area contributed by atoms with Gasteiger partial charge in [0.05, 0.1) is 0 Å². The maximum absolute atomic E-state index is 2.40. The lowest BCUT2D eigenvalue weighted by Crippen LogP contribution is -2.51. The summed E-state index contributed by atoms with van der Waals surface area (Å²) < 4.78 is 0. The average molecular weight is 320 g/mol. The van der Waals surface area contributed by atoms with Crippen LogP contribution in [0.25, 0.3) is 0 Å². The van der Waals surface area contributed by atoms with Crippen LogP contribution in [0.1, 0.15) is 38.5 Å². The van der Waals surface area contributed by atoms with Crippen molar-refractivity contribution in [2.75, 3.05) is 0 Å². The molecule has 0 N–H and O–H groups in total. The van der Waals surface area contributed by atoms with E-state index in [1.807, 2.05) is 0 Å². The van der Waals surface area contributed by atoms with Gasteiger partial charge in [0.15, 0.2) is 0 Å². The SMILES string of the molecule is c1ccc(P(c2ccccc2)C23CC4CC(CC(C4)C2)C3)cc1. The Labute approximate surface area is 141 Å². The predicted octanol–water partition coefficient (Wildman–Crippen LogP) is 5.09. The molecule has 4 aliphatic rings. The lowest BCUT2D eigenvalue weighted by Gasteiger charge is -2.59. The molecule has 0 heterocycles. The molecule has 0 saturated heterocycles. The van der Waals surface area contributed by atoms with Gasteiger partial charge in [0.2, 0.25) is 0 Å². The zero-order chi connectivity index (χ0) is 15.3. The topological polar surface area (TPSA) is 0 Å². The van der Waals surface area contributed by atoms with Crippen molar-refractivity contribution in [1.82, 2.24) is 0 Å². The fraction of sp³-hybridized carbons (Fsp3) is 0.455. The molecule has 0 nitrogen and oxygen atoms in total. The molecular formula is C22H25P. The Hall–Kier alpha value is -1.13. The minimum Gasteiger partial charge on any atom is -0.0622 e. The zero-order valence-electron chi connectivity index (χ0n) is 13.7. The Kier molecular flexibility index (Phi) is 3.37. The third-order valence-corrected chi connectivity index (χ3v) is 9.63. The molecule has 0 aliphatic heterocycles. The molecule has 4 aliphatic carbocycles. The summed E-state index contributed by atoms with van der Waals surface area (Å²) in [4.78, 5) is 0. The number of hydrogen-bond acceptors (Lipinski definition) is 0. The summed E-state index contributed by atoms with van der Waals surface area (Å²) in [5, 5.41) is 3.80. The third kappa shape index (κ3) is 2.38. The van der Waals surface area contributed by atoms with E-state index in [4.69, 9.17) is 0 Å². The first-order chi connectivity index (χ1) is 11.3. The van der Waals surface area contributed by atoms with E-state index in [0.717, 1.165) is 17.8 Å². The van der Waals surface area contributed by atoms with Gasteiger partial charge in [0, 0.05) is 0 Å². The van der Waals surface area contributed by atoms with Crippen molar-refractivity contribution in [2.24, 2.45) is 17.8 Å². The van der Waals surface area contributed by atoms with Crippen LogP contribution in [0.15, 0.2) is 60.7 Å². The van der Waals surface area contributed by atoms with Crippen molar-refractivity contribution in [3.63, 3.8) is 0 Å². The molecule has 4 bridgehead atoms. The molecular weight excluding hydrogens is 295 g/mol. The maximum Gasteiger partial charge on any atom is -0.000642 e. The molecule has 118 valence electrons. The monoisotopic (exact) mass is 320 g/mol. The third-order valence-electron chi connectivity index (χ3n) is 6.51. The van der Waals surface area contributed by atoms with Crippen molar-refractivity contribution < 1.29 is 0 Å². The molecule has 2 aromatic rings. The molecule has 0 atom stereocenters. The quantitative estimate of drug-likeness (QED) is 0.691. The predicted molar refractivity (Wildman–Crippen MR) is 100.0 cm³/mol. The Bertz CT molecular complexity index is 601. The molecule has 0 amide bonds. The molecule has 4 saturated carbocycles. The molecule has 0 aromatic heterocycles. The lowest BCUT2D eigenvalue weighted by molar-refractivity contribution is 0.0364. The Morgan fingerprint density at radius 1 is 0.609 bits per heavy atom. The second-order valence-electron chi connectivity index (χ2n) is 8.15. The highest BCUT2D eigenvalue weighted by molar-refractivity contribution is 7.74. The Morgan fingerprint density at radius 3 is 1.39 bits per heavy atom. The number of benzene rings is 2. The first-order valence-electron chi connectivity index (χ1n) is 9.23. The van der Waals surface area contributed by atoms with Gasteiger partial charge in [-0.15, -0.1) is 0 Å². The van der Waals surface area contributed by atoms with E-state index in [1.54, 1.807) is 10.6 Å². The van der Waals surface area contributed by atoms with Gasteiger partial charge in [0.25, 0.3) is 0 Å². The standard InChI is InChI=1S/C22H25P/c1-3-7-20(8-4-1)23(21-9-5-2-6-10-21)22-14-17-11-18(15-22)13-19(12-17)16-22/h1-10,17-19H,11-16H2. The summed E-state index contributed by atoms with van der Waals surface area (Å²) >= 11 is 0. The second kappa shape index (κ2) is 5.45. The van der Waals surface area contributed by atoms with Crippen molar-refractivity contribution in [3.05, 3.63) is 60.7 Å². The van der Waals surface area contributed by atoms with Gasteiger partial charge < -0.3 is 0 Å². The molecule has 4 fully saturated rings. The van der Waals surface area contributed by atoms with Gasteiger partial charge in [-0.3, -0.25) is 0 Å². The minimum atomic E-state index is -0.225. The minimum absolute atomic E-state index is 0.225. The normalized spacial score (nSPS) is 34.9. The van der Waals surface area contributed by atoms with E-state index >= 15 is 0 Å². The first kappa shape index (κ1) is 14.2. The largest absolute Gasteiger partial charge is 0.0622 e. The van der Waals surface area contributed by atoms with E-state index in [-0.39, 0.29) is 7.92 Å². The molecule has 1 heteroatoms.